The molecule has 6 heteroatoms. The molecular weight excluding hydrogens is 294 g/mol. The highest BCUT2D eigenvalue weighted by Crippen LogP contribution is 2.24. The van der Waals surface area contributed by atoms with E-state index in [1.165, 1.54) is 4.57 Å². The highest BCUT2D eigenvalue weighted by atomic mass is 16.5. The molecule has 0 bridgehead atoms. The predicted molar refractivity (Wildman–Crippen MR) is 88.6 cm³/mol. The molecule has 3 aromatic rings. The van der Waals surface area contributed by atoms with Crippen molar-refractivity contribution in [3.63, 3.8) is 0 Å². The van der Waals surface area contributed by atoms with Gasteiger partial charge in [-0.05, 0) is 30.2 Å². The molecule has 2 aromatic heterocycles. The molecule has 1 atom stereocenters. The number of aromatic nitrogens is 3. The Morgan fingerprint density at radius 2 is 2.04 bits per heavy atom. The number of pyridine rings is 1. The Morgan fingerprint density at radius 3 is 2.70 bits per heavy atom. The third-order valence-electron chi connectivity index (χ3n) is 3.92. The van der Waals surface area contributed by atoms with Gasteiger partial charge in [0.1, 0.15) is 5.75 Å². The first-order chi connectivity index (χ1) is 11.1. The number of nitrogens with zero attached hydrogens (tertiary/aromatic N) is 2. The Kier molecular flexibility index (Phi) is 4.16. The molecule has 3 rings (SSSR count). The maximum atomic E-state index is 12.1. The minimum Gasteiger partial charge on any atom is -0.497 e. The minimum absolute atomic E-state index is 0.253. The van der Waals surface area contributed by atoms with Crippen LogP contribution in [0.4, 0.5) is 0 Å². The highest BCUT2D eigenvalue weighted by Gasteiger charge is 2.12. The largest absolute Gasteiger partial charge is 0.497 e. The van der Waals surface area contributed by atoms with Crippen LogP contribution in [-0.2, 0) is 6.54 Å². The fourth-order valence-electron chi connectivity index (χ4n) is 2.50. The second kappa shape index (κ2) is 6.26. The van der Waals surface area contributed by atoms with Gasteiger partial charge in [-0.15, -0.1) is 0 Å². The number of ether oxygens (including phenoxy) is 1. The second-order valence-corrected chi connectivity index (χ2v) is 5.42. The molecule has 0 saturated heterocycles. The fraction of sp³-hybridized carbons (Fsp3) is 0.294. The lowest BCUT2D eigenvalue weighted by Crippen LogP contribution is -2.24. The zero-order valence-electron chi connectivity index (χ0n) is 13.1. The Bertz CT molecular complexity index is 865. The van der Waals surface area contributed by atoms with Crippen LogP contribution in [0.5, 0.6) is 5.75 Å². The van der Waals surface area contributed by atoms with E-state index in [9.17, 15) is 9.90 Å². The van der Waals surface area contributed by atoms with Crippen LogP contribution in [0, 0.1) is 0 Å². The van der Waals surface area contributed by atoms with Crippen LogP contribution in [0.3, 0.4) is 0 Å². The number of aromatic amines is 1. The van der Waals surface area contributed by atoms with E-state index < -0.39 is 6.10 Å². The molecule has 6 nitrogen and oxygen atoms in total. The monoisotopic (exact) mass is 313 g/mol. The number of H-pyrrole nitrogens is 1. The highest BCUT2D eigenvalue weighted by molar-refractivity contribution is 5.78. The maximum Gasteiger partial charge on any atom is 0.327 e. The van der Waals surface area contributed by atoms with Gasteiger partial charge in [-0.3, -0.25) is 9.55 Å². The number of hydrogen-bond donors (Lipinski definition) is 2. The van der Waals surface area contributed by atoms with E-state index in [4.69, 9.17) is 4.74 Å². The molecule has 120 valence electrons. The van der Waals surface area contributed by atoms with Gasteiger partial charge in [0.25, 0.3) is 0 Å². The van der Waals surface area contributed by atoms with Crippen LogP contribution >= 0.6 is 0 Å². The van der Waals surface area contributed by atoms with Crippen molar-refractivity contribution in [3.8, 4) is 16.9 Å². The van der Waals surface area contributed by atoms with Gasteiger partial charge in [0.15, 0.2) is 5.65 Å². The van der Waals surface area contributed by atoms with Crippen LogP contribution < -0.4 is 10.4 Å². The molecule has 1 aromatic carbocycles. The number of hydrogen-bond acceptors (Lipinski definition) is 4. The summed E-state index contributed by atoms with van der Waals surface area (Å²) in [7, 11) is 1.63. The third kappa shape index (κ3) is 2.98. The normalized spacial score (nSPS) is 12.5. The van der Waals surface area contributed by atoms with Crippen molar-refractivity contribution in [3.05, 3.63) is 47.0 Å². The number of benzene rings is 1. The average Bonchev–Trinajstić information content (AvgIpc) is 2.89. The van der Waals surface area contributed by atoms with E-state index in [-0.39, 0.29) is 12.2 Å². The zero-order chi connectivity index (χ0) is 16.4. The van der Waals surface area contributed by atoms with Gasteiger partial charge in [-0.1, -0.05) is 19.1 Å². The number of aliphatic hydroxyl groups excluding tert-OH is 1. The first-order valence-corrected chi connectivity index (χ1v) is 7.53. The number of rotatable bonds is 5. The Balaban J connectivity index is 2.06. The summed E-state index contributed by atoms with van der Waals surface area (Å²) in [6.07, 6.45) is 1.75. The first-order valence-electron chi connectivity index (χ1n) is 7.53. The van der Waals surface area contributed by atoms with E-state index in [2.05, 4.69) is 9.97 Å². The lowest BCUT2D eigenvalue weighted by molar-refractivity contribution is 0.150. The van der Waals surface area contributed by atoms with Crippen molar-refractivity contribution in [2.75, 3.05) is 7.11 Å². The molecule has 0 fully saturated rings. The Hall–Kier alpha value is -2.60. The van der Waals surface area contributed by atoms with Gasteiger partial charge in [-0.25, -0.2) is 9.78 Å². The Morgan fingerprint density at radius 1 is 1.30 bits per heavy atom. The molecule has 0 aliphatic heterocycles. The van der Waals surface area contributed by atoms with Gasteiger partial charge < -0.3 is 9.84 Å². The average molecular weight is 313 g/mol. The van der Waals surface area contributed by atoms with Crippen LogP contribution in [0.1, 0.15) is 13.3 Å². The van der Waals surface area contributed by atoms with E-state index in [1.807, 2.05) is 37.3 Å². The van der Waals surface area contributed by atoms with Gasteiger partial charge in [0, 0.05) is 11.8 Å². The van der Waals surface area contributed by atoms with Crippen LogP contribution in [-0.4, -0.2) is 32.9 Å². The SMILES string of the molecule is CC[C@H](O)Cn1c(=O)[nH]c2ncc(-c3ccc(OC)cc3)cc21. The third-order valence-corrected chi connectivity index (χ3v) is 3.92. The molecule has 23 heavy (non-hydrogen) atoms. The van der Waals surface area contributed by atoms with Gasteiger partial charge in [-0.2, -0.15) is 0 Å². The van der Waals surface area contributed by atoms with Crippen LogP contribution in [0.15, 0.2) is 41.3 Å². The molecule has 0 unspecified atom stereocenters. The van der Waals surface area contributed by atoms with Crippen molar-refractivity contribution < 1.29 is 9.84 Å². The van der Waals surface area contributed by atoms with E-state index >= 15 is 0 Å². The van der Waals surface area contributed by atoms with Crippen LogP contribution in [0.2, 0.25) is 0 Å². The quantitative estimate of drug-likeness (QED) is 0.756. The number of methoxy groups -OCH3 is 1. The first kappa shape index (κ1) is 15.3. The molecule has 2 heterocycles. The van der Waals surface area contributed by atoms with Crippen LogP contribution in [0.25, 0.3) is 22.3 Å². The molecular formula is C17H19N3O3. The minimum atomic E-state index is -0.559. The van der Waals surface area contributed by atoms with E-state index in [0.717, 1.165) is 16.9 Å². The lowest BCUT2D eigenvalue weighted by Gasteiger charge is -2.09. The molecule has 0 aliphatic rings. The van der Waals surface area contributed by atoms with Gasteiger partial charge in [0.05, 0.1) is 25.3 Å². The van der Waals surface area contributed by atoms with Crippen molar-refractivity contribution in [1.82, 2.24) is 14.5 Å². The van der Waals surface area contributed by atoms with Crippen molar-refractivity contribution >= 4 is 11.2 Å². The molecule has 0 aliphatic carbocycles. The zero-order valence-corrected chi connectivity index (χ0v) is 13.1. The molecule has 2 N–H and O–H groups in total. The van der Waals surface area contributed by atoms with Crippen molar-refractivity contribution in [1.29, 1.82) is 0 Å². The molecule has 0 spiro atoms. The van der Waals surface area contributed by atoms with Gasteiger partial charge >= 0.3 is 5.69 Å². The summed E-state index contributed by atoms with van der Waals surface area (Å²) in [4.78, 5) is 19.1. The summed E-state index contributed by atoms with van der Waals surface area (Å²) >= 11 is 0. The van der Waals surface area contributed by atoms with E-state index in [1.54, 1.807) is 13.3 Å². The number of aliphatic hydroxyl groups is 1. The fourth-order valence-corrected chi connectivity index (χ4v) is 2.50. The number of nitrogens with one attached hydrogen (secondary N) is 1. The van der Waals surface area contributed by atoms with E-state index in [0.29, 0.717) is 17.6 Å². The lowest BCUT2D eigenvalue weighted by atomic mass is 10.1. The topological polar surface area (TPSA) is 80.1 Å². The number of fused-ring (bicyclic) bond motifs is 1. The summed E-state index contributed by atoms with van der Waals surface area (Å²) in [5, 5.41) is 9.85. The molecule has 0 radical (unpaired) electrons. The van der Waals surface area contributed by atoms with Gasteiger partial charge in [0.2, 0.25) is 0 Å². The molecule has 0 saturated carbocycles. The standard InChI is InChI=1S/C17H19N3O3/c1-3-13(21)10-20-15-8-12(9-18-16(15)19-17(20)22)11-4-6-14(23-2)7-5-11/h4-9,13,21H,3,10H2,1-2H3,(H,18,19,22)/t13-/m0/s1. The van der Waals surface area contributed by atoms with Crippen molar-refractivity contribution in [2.45, 2.75) is 26.0 Å². The Labute approximate surface area is 133 Å². The second-order valence-electron chi connectivity index (χ2n) is 5.42. The van der Waals surface area contributed by atoms with Crippen molar-refractivity contribution in [2.24, 2.45) is 0 Å². The molecule has 0 amide bonds. The maximum absolute atomic E-state index is 12.1. The summed E-state index contributed by atoms with van der Waals surface area (Å²) < 4.78 is 6.69. The summed E-state index contributed by atoms with van der Waals surface area (Å²) in [6.45, 7) is 2.13. The predicted octanol–water partition coefficient (Wildman–Crippen LogP) is 2.17. The summed E-state index contributed by atoms with van der Waals surface area (Å²) in [5.74, 6) is 0.785. The number of imidazole rings is 1. The smallest absolute Gasteiger partial charge is 0.327 e. The summed E-state index contributed by atoms with van der Waals surface area (Å²) in [5.41, 5.74) is 2.84. The summed E-state index contributed by atoms with van der Waals surface area (Å²) in [6, 6.07) is 9.55.